The molecule has 0 N–H and O–H groups in total. The predicted octanol–water partition coefficient (Wildman–Crippen LogP) is 2.38. The van der Waals surface area contributed by atoms with Crippen LogP contribution < -0.4 is 4.74 Å². The molecule has 0 aliphatic heterocycles. The number of sulfonamides is 1. The first-order chi connectivity index (χ1) is 8.84. The Balaban J connectivity index is 3.24. The van der Waals surface area contributed by atoms with Crippen LogP contribution in [0.5, 0.6) is 5.75 Å². The van der Waals surface area contributed by atoms with E-state index in [1.165, 1.54) is 24.5 Å². The van der Waals surface area contributed by atoms with Crippen molar-refractivity contribution in [1.82, 2.24) is 4.31 Å². The van der Waals surface area contributed by atoms with Crippen molar-refractivity contribution in [2.45, 2.75) is 24.3 Å². The van der Waals surface area contributed by atoms with Gasteiger partial charge in [-0.25, -0.2) is 8.42 Å². The van der Waals surface area contributed by atoms with E-state index in [9.17, 15) is 8.42 Å². The van der Waals surface area contributed by atoms with Crippen LogP contribution in [0, 0.1) is 11.3 Å². The van der Waals surface area contributed by atoms with Crippen molar-refractivity contribution in [2.75, 3.05) is 14.2 Å². The summed E-state index contributed by atoms with van der Waals surface area (Å²) in [5, 5.41) is 8.66. The Morgan fingerprint density at radius 3 is 2.68 bits per heavy atom. The first-order valence-corrected chi connectivity index (χ1v) is 7.76. The first kappa shape index (κ1) is 16.0. The van der Waals surface area contributed by atoms with Crippen LogP contribution in [0.1, 0.15) is 13.3 Å². The molecule has 0 aliphatic rings. The van der Waals surface area contributed by atoms with Crippen LogP contribution in [0.25, 0.3) is 0 Å². The van der Waals surface area contributed by atoms with Gasteiger partial charge in [-0.15, -0.1) is 0 Å². The SMILES string of the molecule is COc1ccc(Br)c(S(=O)(=O)N(C)C(C)CC#N)c1. The molecule has 0 fully saturated rings. The average molecular weight is 347 g/mol. The van der Waals surface area contributed by atoms with Crippen LogP contribution in [0.4, 0.5) is 0 Å². The summed E-state index contributed by atoms with van der Waals surface area (Å²) >= 11 is 3.23. The fourth-order valence-electron chi connectivity index (χ4n) is 1.46. The minimum absolute atomic E-state index is 0.124. The number of benzene rings is 1. The zero-order chi connectivity index (χ0) is 14.6. The van der Waals surface area contributed by atoms with Crippen molar-refractivity contribution < 1.29 is 13.2 Å². The molecule has 0 saturated heterocycles. The second kappa shape index (κ2) is 6.37. The lowest BCUT2D eigenvalue weighted by molar-refractivity contribution is 0.391. The lowest BCUT2D eigenvalue weighted by Gasteiger charge is -2.23. The van der Waals surface area contributed by atoms with Crippen LogP contribution in [0.2, 0.25) is 0 Å². The molecule has 5 nitrogen and oxygen atoms in total. The Hall–Kier alpha value is -1.10. The van der Waals surface area contributed by atoms with E-state index in [4.69, 9.17) is 10.00 Å². The first-order valence-electron chi connectivity index (χ1n) is 5.53. The number of rotatable bonds is 5. The molecule has 0 aliphatic carbocycles. The lowest BCUT2D eigenvalue weighted by Crippen LogP contribution is -2.35. The zero-order valence-electron chi connectivity index (χ0n) is 10.9. The Labute approximate surface area is 122 Å². The van der Waals surface area contributed by atoms with Crippen molar-refractivity contribution in [3.63, 3.8) is 0 Å². The van der Waals surface area contributed by atoms with Gasteiger partial charge in [-0.3, -0.25) is 0 Å². The maximum atomic E-state index is 12.5. The van der Waals surface area contributed by atoms with Gasteiger partial charge in [0, 0.05) is 23.6 Å². The minimum Gasteiger partial charge on any atom is -0.497 e. The zero-order valence-corrected chi connectivity index (χ0v) is 13.3. The monoisotopic (exact) mass is 346 g/mol. The van der Waals surface area contributed by atoms with Gasteiger partial charge in [-0.05, 0) is 35.0 Å². The molecule has 19 heavy (non-hydrogen) atoms. The molecule has 1 unspecified atom stereocenters. The van der Waals surface area contributed by atoms with Crippen molar-refractivity contribution in [3.8, 4) is 11.8 Å². The van der Waals surface area contributed by atoms with Gasteiger partial charge in [0.2, 0.25) is 10.0 Å². The summed E-state index contributed by atoms with van der Waals surface area (Å²) < 4.78 is 31.6. The minimum atomic E-state index is -3.67. The molecule has 104 valence electrons. The highest BCUT2D eigenvalue weighted by Gasteiger charge is 2.27. The van der Waals surface area contributed by atoms with E-state index in [0.717, 1.165) is 0 Å². The molecule has 0 saturated carbocycles. The average Bonchev–Trinajstić information content (AvgIpc) is 2.38. The Kier molecular flexibility index (Phi) is 5.35. The highest BCUT2D eigenvalue weighted by Crippen LogP contribution is 2.29. The van der Waals surface area contributed by atoms with Gasteiger partial charge in [0.1, 0.15) is 10.6 Å². The summed E-state index contributed by atoms with van der Waals surface area (Å²) in [5.41, 5.74) is 0. The lowest BCUT2D eigenvalue weighted by atomic mass is 10.3. The van der Waals surface area contributed by atoms with E-state index in [2.05, 4.69) is 15.9 Å². The molecule has 1 aromatic rings. The topological polar surface area (TPSA) is 70.4 Å². The van der Waals surface area contributed by atoms with Crippen molar-refractivity contribution in [2.24, 2.45) is 0 Å². The van der Waals surface area contributed by atoms with Gasteiger partial charge < -0.3 is 4.74 Å². The molecule has 1 rings (SSSR count). The molecule has 0 bridgehead atoms. The molecule has 0 aromatic heterocycles. The summed E-state index contributed by atoms with van der Waals surface area (Å²) in [7, 11) is -0.733. The normalized spacial score (nSPS) is 13.1. The molecule has 0 amide bonds. The molecular weight excluding hydrogens is 332 g/mol. The van der Waals surface area contributed by atoms with Crippen LogP contribution in [-0.2, 0) is 10.0 Å². The van der Waals surface area contributed by atoms with Crippen molar-refractivity contribution in [3.05, 3.63) is 22.7 Å². The van der Waals surface area contributed by atoms with Gasteiger partial charge >= 0.3 is 0 Å². The highest BCUT2D eigenvalue weighted by atomic mass is 79.9. The third kappa shape index (κ3) is 3.47. The van der Waals surface area contributed by atoms with E-state index in [1.54, 1.807) is 19.1 Å². The third-order valence-corrected chi connectivity index (χ3v) is 5.77. The fraction of sp³-hybridized carbons (Fsp3) is 0.417. The molecular formula is C12H15BrN2O3S. The summed E-state index contributed by atoms with van der Waals surface area (Å²) in [6.07, 6.45) is 0.136. The van der Waals surface area contributed by atoms with Crippen LogP contribution in [0.3, 0.4) is 0 Å². The molecule has 1 atom stereocenters. The van der Waals surface area contributed by atoms with Gasteiger partial charge in [-0.1, -0.05) is 0 Å². The molecule has 1 aromatic carbocycles. The standard InChI is InChI=1S/C12H15BrN2O3S/c1-9(6-7-14)15(2)19(16,17)12-8-10(18-3)4-5-11(12)13/h4-5,8-9H,6H2,1-3H3. The largest absolute Gasteiger partial charge is 0.497 e. The quantitative estimate of drug-likeness (QED) is 0.820. The number of ether oxygens (including phenoxy) is 1. The van der Waals surface area contributed by atoms with Gasteiger partial charge in [0.15, 0.2) is 0 Å². The molecule has 0 heterocycles. The Bertz CT molecular complexity index is 595. The number of halogens is 1. The second-order valence-corrected chi connectivity index (χ2v) is 6.85. The van der Waals surface area contributed by atoms with Crippen LogP contribution >= 0.6 is 15.9 Å². The third-order valence-electron chi connectivity index (χ3n) is 2.80. The summed E-state index contributed by atoms with van der Waals surface area (Å²) in [6.45, 7) is 1.69. The molecule has 7 heteroatoms. The van der Waals surface area contributed by atoms with E-state index >= 15 is 0 Å². The smallest absolute Gasteiger partial charge is 0.244 e. The van der Waals surface area contributed by atoms with Gasteiger partial charge in [0.05, 0.1) is 19.6 Å². The number of hydrogen-bond acceptors (Lipinski definition) is 4. The second-order valence-electron chi connectivity index (χ2n) is 4.03. The van der Waals surface area contributed by atoms with Crippen LogP contribution in [-0.4, -0.2) is 32.9 Å². The van der Waals surface area contributed by atoms with E-state index in [0.29, 0.717) is 10.2 Å². The number of methoxy groups -OCH3 is 1. The Morgan fingerprint density at radius 2 is 2.16 bits per heavy atom. The fourth-order valence-corrected chi connectivity index (χ4v) is 3.76. The van der Waals surface area contributed by atoms with Gasteiger partial charge in [-0.2, -0.15) is 9.57 Å². The van der Waals surface area contributed by atoms with Crippen LogP contribution in [0.15, 0.2) is 27.6 Å². The summed E-state index contributed by atoms with van der Waals surface area (Å²) in [6, 6.07) is 6.31. The van der Waals surface area contributed by atoms with E-state index in [-0.39, 0.29) is 11.3 Å². The van der Waals surface area contributed by atoms with Crippen molar-refractivity contribution in [1.29, 1.82) is 5.26 Å². The molecule has 0 radical (unpaired) electrons. The van der Waals surface area contributed by atoms with E-state index < -0.39 is 16.1 Å². The maximum Gasteiger partial charge on any atom is 0.244 e. The number of hydrogen-bond donors (Lipinski definition) is 0. The van der Waals surface area contributed by atoms with Crippen molar-refractivity contribution >= 4 is 26.0 Å². The molecule has 0 spiro atoms. The maximum absolute atomic E-state index is 12.5. The Morgan fingerprint density at radius 1 is 1.53 bits per heavy atom. The van der Waals surface area contributed by atoms with E-state index in [1.807, 2.05) is 6.07 Å². The van der Waals surface area contributed by atoms with Gasteiger partial charge in [0.25, 0.3) is 0 Å². The highest BCUT2D eigenvalue weighted by molar-refractivity contribution is 9.10. The number of nitriles is 1. The summed E-state index contributed by atoms with van der Waals surface area (Å²) in [5.74, 6) is 0.461. The summed E-state index contributed by atoms with van der Waals surface area (Å²) in [4.78, 5) is 0.124. The predicted molar refractivity (Wildman–Crippen MR) is 75.3 cm³/mol. The number of nitrogens with zero attached hydrogens (tertiary/aromatic N) is 2.